The van der Waals surface area contributed by atoms with Crippen molar-refractivity contribution in [3.05, 3.63) is 35.5 Å². The van der Waals surface area contributed by atoms with Crippen LogP contribution in [0, 0.1) is 0 Å². The summed E-state index contributed by atoms with van der Waals surface area (Å²) >= 11 is 0. The normalized spacial score (nSPS) is 30.6. The summed E-state index contributed by atoms with van der Waals surface area (Å²) in [6.45, 7) is 4.46. The molecule has 0 aromatic heterocycles. The van der Waals surface area contributed by atoms with Gasteiger partial charge >= 0.3 is 0 Å². The third-order valence-electron chi connectivity index (χ3n) is 2.46. The van der Waals surface area contributed by atoms with Crippen LogP contribution in [0.3, 0.4) is 0 Å². The highest BCUT2D eigenvalue weighted by molar-refractivity contribution is 5.08. The molecule has 0 N–H and O–H groups in total. The van der Waals surface area contributed by atoms with Crippen molar-refractivity contribution >= 4 is 0 Å². The van der Waals surface area contributed by atoms with E-state index in [1.807, 2.05) is 0 Å². The van der Waals surface area contributed by atoms with E-state index in [9.17, 15) is 0 Å². The Morgan fingerprint density at radius 1 is 0.846 bits per heavy atom. The molecule has 0 spiro atoms. The summed E-state index contributed by atoms with van der Waals surface area (Å²) in [5.74, 6) is 0. The highest BCUT2D eigenvalue weighted by atomic mass is 14.0. The predicted molar refractivity (Wildman–Crippen MR) is 59.7 cm³/mol. The fourth-order valence-corrected chi connectivity index (χ4v) is 1.54. The average Bonchev–Trinajstić information content (AvgIpc) is 2.13. The average molecular weight is 176 g/mol. The molecule has 1 aliphatic rings. The van der Waals surface area contributed by atoms with Crippen LogP contribution in [0.2, 0.25) is 0 Å². The van der Waals surface area contributed by atoms with E-state index in [1.54, 1.807) is 5.57 Å². The second-order valence-corrected chi connectivity index (χ2v) is 3.89. The number of rotatable bonds is 0. The molecular formula is C13H20. The van der Waals surface area contributed by atoms with Crippen LogP contribution < -0.4 is 0 Å². The van der Waals surface area contributed by atoms with Gasteiger partial charge in [0.05, 0.1) is 0 Å². The minimum Gasteiger partial charge on any atom is -0.0879 e. The van der Waals surface area contributed by atoms with Crippen LogP contribution in [0.25, 0.3) is 0 Å². The maximum Gasteiger partial charge on any atom is -0.0142 e. The molecule has 0 heteroatoms. The highest BCUT2D eigenvalue weighted by Gasteiger charge is 1.91. The lowest BCUT2D eigenvalue weighted by Gasteiger charge is -1.98. The Morgan fingerprint density at radius 3 is 2.46 bits per heavy atom. The molecule has 0 radical (unpaired) electrons. The van der Waals surface area contributed by atoms with Crippen LogP contribution in [0.15, 0.2) is 35.5 Å². The second kappa shape index (κ2) is 5.80. The van der Waals surface area contributed by atoms with Gasteiger partial charge in [0.2, 0.25) is 0 Å². The Balaban J connectivity index is 2.55. The molecule has 0 amide bonds. The molecular weight excluding hydrogens is 156 g/mol. The lowest BCUT2D eigenvalue weighted by molar-refractivity contribution is 0.939. The van der Waals surface area contributed by atoms with Crippen molar-refractivity contribution in [1.29, 1.82) is 0 Å². The highest BCUT2D eigenvalue weighted by Crippen LogP contribution is 2.12. The summed E-state index contributed by atoms with van der Waals surface area (Å²) in [5, 5.41) is 0. The monoisotopic (exact) mass is 176 g/mol. The lowest BCUT2D eigenvalue weighted by atomic mass is 10.1. The maximum absolute atomic E-state index is 2.37. The molecule has 0 unspecified atom stereocenters. The van der Waals surface area contributed by atoms with E-state index >= 15 is 0 Å². The van der Waals surface area contributed by atoms with Crippen molar-refractivity contribution in [1.82, 2.24) is 0 Å². The molecule has 0 heterocycles. The van der Waals surface area contributed by atoms with Gasteiger partial charge in [0.1, 0.15) is 0 Å². The van der Waals surface area contributed by atoms with E-state index in [0.29, 0.717) is 0 Å². The first kappa shape index (κ1) is 10.3. The van der Waals surface area contributed by atoms with Gasteiger partial charge < -0.3 is 0 Å². The van der Waals surface area contributed by atoms with Gasteiger partial charge in [-0.3, -0.25) is 0 Å². The van der Waals surface area contributed by atoms with E-state index in [-0.39, 0.29) is 0 Å². The Morgan fingerprint density at radius 2 is 1.62 bits per heavy atom. The third-order valence-corrected chi connectivity index (χ3v) is 2.46. The Labute approximate surface area is 82.0 Å². The Kier molecular flexibility index (Phi) is 4.59. The minimum absolute atomic E-state index is 1.14. The largest absolute Gasteiger partial charge is 0.0879 e. The van der Waals surface area contributed by atoms with Gasteiger partial charge in [0.15, 0.2) is 0 Å². The predicted octanol–water partition coefficient (Wildman–Crippen LogP) is 4.40. The van der Waals surface area contributed by atoms with E-state index in [4.69, 9.17) is 0 Å². The van der Waals surface area contributed by atoms with Crippen molar-refractivity contribution in [3.63, 3.8) is 0 Å². The van der Waals surface area contributed by atoms with Crippen molar-refractivity contribution in [2.75, 3.05) is 0 Å². The van der Waals surface area contributed by atoms with Crippen molar-refractivity contribution in [3.8, 4) is 0 Å². The molecule has 0 aliphatic heterocycles. The van der Waals surface area contributed by atoms with Crippen LogP contribution >= 0.6 is 0 Å². The van der Waals surface area contributed by atoms with E-state index in [1.165, 1.54) is 31.3 Å². The summed E-state index contributed by atoms with van der Waals surface area (Å²) < 4.78 is 0. The number of hydrogen-bond acceptors (Lipinski definition) is 0. The van der Waals surface area contributed by atoms with Crippen molar-refractivity contribution in [2.24, 2.45) is 0 Å². The van der Waals surface area contributed by atoms with Crippen LogP contribution in [-0.4, -0.2) is 0 Å². The van der Waals surface area contributed by atoms with E-state index in [2.05, 4.69) is 38.2 Å². The molecule has 1 aliphatic carbocycles. The van der Waals surface area contributed by atoms with Crippen LogP contribution in [0.4, 0.5) is 0 Å². The molecule has 0 saturated heterocycles. The van der Waals surface area contributed by atoms with Gasteiger partial charge in [0, 0.05) is 0 Å². The van der Waals surface area contributed by atoms with Gasteiger partial charge in [-0.2, -0.15) is 0 Å². The zero-order valence-electron chi connectivity index (χ0n) is 8.84. The first-order chi connectivity index (χ1) is 6.29. The van der Waals surface area contributed by atoms with Gasteiger partial charge in [-0.25, -0.2) is 0 Å². The van der Waals surface area contributed by atoms with Crippen LogP contribution in [0.1, 0.15) is 46.0 Å². The van der Waals surface area contributed by atoms with Gasteiger partial charge in [-0.05, 0) is 46.0 Å². The maximum atomic E-state index is 2.37. The molecule has 1 rings (SSSR count). The molecule has 0 bridgehead atoms. The van der Waals surface area contributed by atoms with E-state index < -0.39 is 0 Å². The zero-order valence-corrected chi connectivity index (χ0v) is 8.84. The molecule has 0 atom stereocenters. The fraction of sp³-hybridized carbons (Fsp3) is 0.538. The minimum atomic E-state index is 1.14. The SMILES string of the molecule is C/C1=C\CC/C(C)=C/CC/C=C/C1. The first-order valence-corrected chi connectivity index (χ1v) is 5.25. The molecule has 13 heavy (non-hydrogen) atoms. The molecule has 0 saturated carbocycles. The first-order valence-electron chi connectivity index (χ1n) is 5.25. The molecule has 0 nitrogen and oxygen atoms in total. The summed E-state index contributed by atoms with van der Waals surface area (Å²) in [5.41, 5.74) is 3.05. The van der Waals surface area contributed by atoms with Crippen molar-refractivity contribution < 1.29 is 0 Å². The van der Waals surface area contributed by atoms with E-state index in [0.717, 1.165) is 6.42 Å². The molecule has 72 valence electrons. The van der Waals surface area contributed by atoms with Gasteiger partial charge in [-0.1, -0.05) is 35.5 Å². The number of hydrogen-bond donors (Lipinski definition) is 0. The Bertz CT molecular complexity index is 228. The molecule has 0 fully saturated rings. The zero-order chi connectivity index (χ0) is 9.52. The molecule has 0 aromatic rings. The second-order valence-electron chi connectivity index (χ2n) is 3.89. The van der Waals surface area contributed by atoms with Crippen LogP contribution in [-0.2, 0) is 0 Å². The van der Waals surface area contributed by atoms with Gasteiger partial charge in [0.25, 0.3) is 0 Å². The fourth-order valence-electron chi connectivity index (χ4n) is 1.54. The summed E-state index contributed by atoms with van der Waals surface area (Å²) in [7, 11) is 0. The van der Waals surface area contributed by atoms with Gasteiger partial charge in [-0.15, -0.1) is 0 Å². The number of allylic oxidation sites excluding steroid dienone is 6. The van der Waals surface area contributed by atoms with Crippen molar-refractivity contribution in [2.45, 2.75) is 46.0 Å². The smallest absolute Gasteiger partial charge is 0.0142 e. The summed E-state index contributed by atoms with van der Waals surface area (Å²) in [4.78, 5) is 0. The standard InChI is InChI=1S/C13H20/c1-12-8-5-3-4-6-9-13(2)11-7-10-12/h3,5,9-10H,4,6-8,11H2,1-2H3/b5-3+,12-10+,13-9+. The molecule has 0 aromatic carbocycles. The third kappa shape index (κ3) is 4.72. The van der Waals surface area contributed by atoms with Crippen LogP contribution in [0.5, 0.6) is 0 Å². The Hall–Kier alpha value is -0.780. The summed E-state index contributed by atoms with van der Waals surface area (Å²) in [6, 6.07) is 0. The topological polar surface area (TPSA) is 0 Å². The lowest BCUT2D eigenvalue weighted by Crippen LogP contribution is -1.77. The summed E-state index contributed by atoms with van der Waals surface area (Å²) in [6.07, 6.45) is 15.3. The quantitative estimate of drug-likeness (QED) is 0.480.